The predicted octanol–water partition coefficient (Wildman–Crippen LogP) is -0.588. The van der Waals surface area contributed by atoms with E-state index >= 15 is 0 Å². The standard InChI is InChI=1S/C28H36N2O13/c1-13-21(29-7-8-29)24(36)20(22(23(13)35)30-9-10-30)18(37-6)11-39-28-27(42-17(5)34)26(41-16(4)33)25(40-15(3)32)19(43-28)12-38-14(2)31/h18-19,25-28H,7-12H2,1-6H3/t18?,19-,25-,26+,27-,28-/m1/s1. The van der Waals surface area contributed by atoms with Crippen LogP contribution < -0.4 is 0 Å². The minimum atomic E-state index is -1.47. The molecule has 0 N–H and O–H groups in total. The Kier molecular flexibility index (Phi) is 9.87. The van der Waals surface area contributed by atoms with E-state index in [1.807, 2.05) is 4.90 Å². The lowest BCUT2D eigenvalue weighted by molar-refractivity contribution is -0.310. The minimum Gasteiger partial charge on any atom is -0.463 e. The van der Waals surface area contributed by atoms with Gasteiger partial charge in [0.1, 0.15) is 18.8 Å². The van der Waals surface area contributed by atoms with Crippen LogP contribution in [0.4, 0.5) is 0 Å². The summed E-state index contributed by atoms with van der Waals surface area (Å²) in [4.78, 5) is 78.5. The molecule has 1 unspecified atom stereocenters. The number of methoxy groups -OCH3 is 1. The van der Waals surface area contributed by atoms with Gasteiger partial charge in [-0.3, -0.25) is 28.8 Å². The second-order valence-corrected chi connectivity index (χ2v) is 10.5. The van der Waals surface area contributed by atoms with Gasteiger partial charge in [0.25, 0.3) is 0 Å². The molecule has 3 aliphatic heterocycles. The lowest BCUT2D eigenvalue weighted by Gasteiger charge is -2.44. The van der Waals surface area contributed by atoms with E-state index in [9.17, 15) is 28.8 Å². The molecule has 236 valence electrons. The Morgan fingerprint density at radius 3 is 1.84 bits per heavy atom. The van der Waals surface area contributed by atoms with Gasteiger partial charge in [0.15, 0.2) is 24.6 Å². The van der Waals surface area contributed by atoms with E-state index in [2.05, 4.69) is 0 Å². The van der Waals surface area contributed by atoms with Crippen molar-refractivity contribution in [3.05, 3.63) is 22.5 Å². The molecule has 0 spiro atoms. The van der Waals surface area contributed by atoms with Crippen molar-refractivity contribution >= 4 is 35.4 Å². The van der Waals surface area contributed by atoms with E-state index < -0.39 is 67.3 Å². The molecule has 0 saturated carbocycles. The summed E-state index contributed by atoms with van der Waals surface area (Å²) >= 11 is 0. The summed E-state index contributed by atoms with van der Waals surface area (Å²) < 4.78 is 39.0. The number of nitrogens with zero attached hydrogens (tertiary/aromatic N) is 2. The quantitative estimate of drug-likeness (QED) is 0.119. The molecular formula is C28H36N2O13. The summed E-state index contributed by atoms with van der Waals surface area (Å²) in [6, 6.07) is 0. The van der Waals surface area contributed by atoms with E-state index in [-0.39, 0.29) is 29.4 Å². The molecule has 3 saturated heterocycles. The third-order valence-corrected chi connectivity index (χ3v) is 7.12. The van der Waals surface area contributed by atoms with Crippen LogP contribution in [0.5, 0.6) is 0 Å². The van der Waals surface area contributed by atoms with Gasteiger partial charge in [0, 0.05) is 66.6 Å². The zero-order valence-corrected chi connectivity index (χ0v) is 24.9. The van der Waals surface area contributed by atoms with Crippen LogP contribution in [0.3, 0.4) is 0 Å². The minimum absolute atomic E-state index is 0.128. The van der Waals surface area contributed by atoms with Gasteiger partial charge in [-0.05, 0) is 6.92 Å². The van der Waals surface area contributed by atoms with E-state index in [4.69, 9.17) is 33.2 Å². The van der Waals surface area contributed by atoms with Crippen LogP contribution in [0.25, 0.3) is 0 Å². The van der Waals surface area contributed by atoms with E-state index in [0.29, 0.717) is 37.4 Å². The second kappa shape index (κ2) is 13.2. The van der Waals surface area contributed by atoms with Crippen LogP contribution in [0, 0.1) is 0 Å². The number of ketones is 2. The van der Waals surface area contributed by atoms with E-state index in [1.165, 1.54) is 14.0 Å². The van der Waals surface area contributed by atoms with Crippen LogP contribution in [-0.4, -0.2) is 129 Å². The van der Waals surface area contributed by atoms with Crippen molar-refractivity contribution in [3.63, 3.8) is 0 Å². The average molecular weight is 609 g/mol. The summed E-state index contributed by atoms with van der Waals surface area (Å²) in [5, 5.41) is 0. The molecule has 15 nitrogen and oxygen atoms in total. The third-order valence-electron chi connectivity index (χ3n) is 7.12. The lowest BCUT2D eigenvalue weighted by atomic mass is 9.88. The van der Waals surface area contributed by atoms with Gasteiger partial charge >= 0.3 is 23.9 Å². The highest BCUT2D eigenvalue weighted by Crippen LogP contribution is 2.36. The number of Topliss-reactive ketones (excluding diaryl/α,β-unsaturated/α-hetero) is 2. The van der Waals surface area contributed by atoms with Crippen LogP contribution in [-0.2, 0) is 61.9 Å². The topological polar surface area (TPSA) is 173 Å². The fourth-order valence-corrected chi connectivity index (χ4v) is 5.13. The Bertz CT molecular complexity index is 1250. The number of allylic oxidation sites excluding steroid dienone is 2. The highest BCUT2D eigenvalue weighted by atomic mass is 16.7. The van der Waals surface area contributed by atoms with Gasteiger partial charge in [0.2, 0.25) is 11.6 Å². The van der Waals surface area contributed by atoms with Crippen LogP contribution in [0.15, 0.2) is 22.5 Å². The third kappa shape index (κ3) is 7.40. The molecular weight excluding hydrogens is 572 g/mol. The van der Waals surface area contributed by atoms with Gasteiger partial charge in [-0.1, -0.05) is 0 Å². The Labute approximate surface area is 247 Å². The van der Waals surface area contributed by atoms with Gasteiger partial charge in [-0.25, -0.2) is 0 Å². The lowest BCUT2D eigenvalue weighted by Crippen LogP contribution is -2.63. The van der Waals surface area contributed by atoms with Crippen molar-refractivity contribution in [2.24, 2.45) is 0 Å². The van der Waals surface area contributed by atoms with Crippen molar-refractivity contribution in [2.45, 2.75) is 71.4 Å². The first-order valence-corrected chi connectivity index (χ1v) is 13.8. The first-order valence-electron chi connectivity index (χ1n) is 13.8. The number of hydrogen-bond acceptors (Lipinski definition) is 15. The predicted molar refractivity (Wildman–Crippen MR) is 142 cm³/mol. The molecule has 4 rings (SSSR count). The Balaban J connectivity index is 1.66. The molecule has 1 aliphatic carbocycles. The van der Waals surface area contributed by atoms with Crippen molar-refractivity contribution in [1.82, 2.24) is 9.80 Å². The highest BCUT2D eigenvalue weighted by molar-refractivity contribution is 6.25. The fraction of sp³-hybridized carbons (Fsp3) is 0.643. The molecule has 3 fully saturated rings. The summed E-state index contributed by atoms with van der Waals surface area (Å²) in [6.45, 7) is 7.85. The second-order valence-electron chi connectivity index (χ2n) is 10.5. The average Bonchev–Trinajstić information content (AvgIpc) is 3.83. The molecule has 0 aromatic heterocycles. The van der Waals surface area contributed by atoms with Crippen LogP contribution in [0.1, 0.15) is 34.6 Å². The van der Waals surface area contributed by atoms with E-state index in [1.54, 1.807) is 11.8 Å². The van der Waals surface area contributed by atoms with Crippen LogP contribution >= 0.6 is 0 Å². The number of carbonyl (C=O) groups is 6. The molecule has 43 heavy (non-hydrogen) atoms. The van der Waals surface area contributed by atoms with Crippen molar-refractivity contribution in [2.75, 3.05) is 46.5 Å². The summed E-state index contributed by atoms with van der Waals surface area (Å²) in [5.41, 5.74) is 1.05. The zero-order valence-electron chi connectivity index (χ0n) is 24.9. The molecule has 0 amide bonds. The van der Waals surface area contributed by atoms with Gasteiger partial charge in [0.05, 0.1) is 23.6 Å². The number of esters is 4. The normalized spacial score (nSPS) is 27.5. The molecule has 0 bridgehead atoms. The Morgan fingerprint density at radius 2 is 1.33 bits per heavy atom. The SMILES string of the molecule is COC(CO[C@@H]1O[C@H](COC(C)=O)[C@@H](OC(C)=O)[C@H](OC(C)=O)[C@H]1OC(C)=O)C1=C(N2CC2)C(=O)C(C)=C(N2CC2)C1=O. The maximum Gasteiger partial charge on any atom is 0.303 e. The Hall–Kier alpha value is -3.82. The first kappa shape index (κ1) is 32.1. The molecule has 0 aromatic carbocycles. The van der Waals surface area contributed by atoms with Crippen molar-refractivity contribution in [1.29, 1.82) is 0 Å². The Morgan fingerprint density at radius 1 is 0.791 bits per heavy atom. The summed E-state index contributed by atoms with van der Waals surface area (Å²) in [7, 11) is 1.36. The molecule has 3 heterocycles. The van der Waals surface area contributed by atoms with Gasteiger partial charge < -0.3 is 43.0 Å². The van der Waals surface area contributed by atoms with Crippen molar-refractivity contribution in [3.8, 4) is 0 Å². The number of rotatable bonds is 12. The highest BCUT2D eigenvalue weighted by Gasteiger charge is 2.53. The number of carbonyl (C=O) groups excluding carboxylic acids is 6. The van der Waals surface area contributed by atoms with Gasteiger partial charge in [-0.15, -0.1) is 0 Å². The monoisotopic (exact) mass is 608 g/mol. The fourth-order valence-electron chi connectivity index (χ4n) is 5.13. The first-order chi connectivity index (χ1) is 20.3. The molecule has 4 aliphatic rings. The number of hydrogen-bond donors (Lipinski definition) is 0. The molecule has 6 atom stereocenters. The zero-order chi connectivity index (χ0) is 31.6. The largest absolute Gasteiger partial charge is 0.463 e. The van der Waals surface area contributed by atoms with Crippen molar-refractivity contribution < 1.29 is 61.9 Å². The molecule has 0 radical (unpaired) electrons. The number of ether oxygens (including phenoxy) is 7. The van der Waals surface area contributed by atoms with Gasteiger partial charge in [-0.2, -0.15) is 0 Å². The maximum absolute atomic E-state index is 13.8. The molecule has 15 heteroatoms. The maximum atomic E-state index is 13.8. The summed E-state index contributed by atoms with van der Waals surface area (Å²) in [5.74, 6) is -3.62. The van der Waals surface area contributed by atoms with Crippen LogP contribution in [0.2, 0.25) is 0 Å². The van der Waals surface area contributed by atoms with E-state index in [0.717, 1.165) is 20.8 Å². The smallest absolute Gasteiger partial charge is 0.303 e. The molecule has 0 aromatic rings. The summed E-state index contributed by atoms with van der Waals surface area (Å²) in [6.07, 6.45) is -7.95.